The number of aryl methyl sites for hydroxylation is 2. The number of hydrogen-bond acceptors (Lipinski definition) is 0. The molecule has 1 heterocycles. The van der Waals surface area contributed by atoms with E-state index in [0.717, 1.165) is 19.3 Å². The van der Waals surface area contributed by atoms with Crippen molar-refractivity contribution in [3.05, 3.63) is 59.4 Å². The maximum absolute atomic E-state index is 2.39. The van der Waals surface area contributed by atoms with E-state index in [9.17, 15) is 0 Å². The monoisotopic (exact) mass is 254 g/mol. The van der Waals surface area contributed by atoms with E-state index in [1.165, 1.54) is 28.9 Å². The van der Waals surface area contributed by atoms with E-state index in [-0.39, 0.29) is 0 Å². The lowest BCUT2D eigenvalue weighted by atomic mass is 10.0. The Hall–Kier alpha value is -1.63. The van der Waals surface area contributed by atoms with Crippen molar-refractivity contribution in [3.63, 3.8) is 0 Å². The Morgan fingerprint density at radius 2 is 1.68 bits per heavy atom. The van der Waals surface area contributed by atoms with Crippen molar-refractivity contribution in [2.24, 2.45) is 0 Å². The minimum Gasteiger partial charge on any atom is -0.164 e. The van der Waals surface area contributed by atoms with Gasteiger partial charge in [-0.2, -0.15) is 4.57 Å². The minimum absolute atomic E-state index is 1.09. The SMILES string of the molecule is CCCc1c(CC)cc(CC)c[n+]1-c1ccccc1. The van der Waals surface area contributed by atoms with Crippen molar-refractivity contribution in [1.82, 2.24) is 0 Å². The van der Waals surface area contributed by atoms with Crippen molar-refractivity contribution in [1.29, 1.82) is 0 Å². The van der Waals surface area contributed by atoms with Gasteiger partial charge in [0.15, 0.2) is 11.9 Å². The highest BCUT2D eigenvalue weighted by Crippen LogP contribution is 2.14. The van der Waals surface area contributed by atoms with Crippen molar-refractivity contribution < 1.29 is 4.57 Å². The van der Waals surface area contributed by atoms with E-state index in [1.54, 1.807) is 0 Å². The first kappa shape index (κ1) is 13.8. The van der Waals surface area contributed by atoms with Gasteiger partial charge in [0.2, 0.25) is 5.69 Å². The molecular weight excluding hydrogens is 230 g/mol. The molecule has 19 heavy (non-hydrogen) atoms. The first-order chi connectivity index (χ1) is 9.30. The molecule has 100 valence electrons. The topological polar surface area (TPSA) is 3.88 Å². The zero-order valence-electron chi connectivity index (χ0n) is 12.3. The normalized spacial score (nSPS) is 10.7. The van der Waals surface area contributed by atoms with Crippen LogP contribution in [0.5, 0.6) is 0 Å². The molecule has 0 aliphatic heterocycles. The van der Waals surface area contributed by atoms with Crippen molar-refractivity contribution in [2.75, 3.05) is 0 Å². The molecule has 0 bridgehead atoms. The lowest BCUT2D eigenvalue weighted by Crippen LogP contribution is -2.37. The predicted octanol–water partition coefficient (Wildman–Crippen LogP) is 4.04. The number of rotatable bonds is 5. The maximum atomic E-state index is 2.39. The molecule has 1 nitrogen and oxygen atoms in total. The van der Waals surface area contributed by atoms with Gasteiger partial charge in [0, 0.05) is 29.7 Å². The molecule has 1 aromatic heterocycles. The lowest BCUT2D eigenvalue weighted by Gasteiger charge is -2.09. The van der Waals surface area contributed by atoms with Crippen LogP contribution in [0.4, 0.5) is 0 Å². The second-order valence-electron chi connectivity index (χ2n) is 4.98. The molecule has 0 N–H and O–H groups in total. The Morgan fingerprint density at radius 1 is 0.947 bits per heavy atom. The summed E-state index contributed by atoms with van der Waals surface area (Å²) in [5.41, 5.74) is 5.65. The highest BCUT2D eigenvalue weighted by atomic mass is 15.0. The van der Waals surface area contributed by atoms with E-state index >= 15 is 0 Å². The number of aromatic nitrogens is 1. The molecule has 0 atom stereocenters. The minimum atomic E-state index is 1.09. The van der Waals surface area contributed by atoms with E-state index in [2.05, 4.69) is 67.9 Å². The summed E-state index contributed by atoms with van der Waals surface area (Å²) in [4.78, 5) is 0. The third-order valence-electron chi connectivity index (χ3n) is 3.63. The van der Waals surface area contributed by atoms with E-state index in [4.69, 9.17) is 0 Å². The Bertz CT molecular complexity index is 529. The molecule has 1 aromatic carbocycles. The fraction of sp³-hybridized carbons (Fsp3) is 0.389. The summed E-state index contributed by atoms with van der Waals surface area (Å²) in [5, 5.41) is 0. The van der Waals surface area contributed by atoms with Crippen LogP contribution in [0.1, 0.15) is 44.0 Å². The summed E-state index contributed by atoms with van der Waals surface area (Å²) < 4.78 is 2.39. The Labute approximate surface area is 116 Å². The molecule has 0 fully saturated rings. The summed E-state index contributed by atoms with van der Waals surface area (Å²) in [7, 11) is 0. The Morgan fingerprint density at radius 3 is 2.26 bits per heavy atom. The van der Waals surface area contributed by atoms with Crippen LogP contribution in [0, 0.1) is 0 Å². The van der Waals surface area contributed by atoms with Gasteiger partial charge in [-0.05, 0) is 25.3 Å². The molecular formula is C18H24N+. The lowest BCUT2D eigenvalue weighted by molar-refractivity contribution is -0.605. The average Bonchev–Trinajstić information content (AvgIpc) is 2.48. The fourth-order valence-corrected chi connectivity index (χ4v) is 2.58. The standard InChI is InChI=1S/C18H24N/c1-4-10-18-16(6-3)13-15(5-2)14-19(18)17-11-8-7-9-12-17/h7-9,11-14H,4-6,10H2,1-3H3/q+1. The first-order valence-electron chi connectivity index (χ1n) is 7.41. The summed E-state index contributed by atoms with van der Waals surface area (Å²) >= 11 is 0. The molecule has 1 heteroatoms. The molecule has 0 spiro atoms. The summed E-state index contributed by atoms with van der Waals surface area (Å²) in [6.45, 7) is 6.73. The molecule has 2 aromatic rings. The van der Waals surface area contributed by atoms with Crippen LogP contribution in [-0.4, -0.2) is 0 Å². The third-order valence-corrected chi connectivity index (χ3v) is 3.63. The van der Waals surface area contributed by atoms with Gasteiger partial charge in [-0.15, -0.1) is 0 Å². The average molecular weight is 254 g/mol. The summed E-state index contributed by atoms with van der Waals surface area (Å²) in [5.74, 6) is 0. The van der Waals surface area contributed by atoms with E-state index in [1.807, 2.05) is 0 Å². The van der Waals surface area contributed by atoms with Gasteiger partial charge in [0.05, 0.1) is 0 Å². The molecule has 0 radical (unpaired) electrons. The zero-order chi connectivity index (χ0) is 13.7. The number of nitrogens with zero attached hydrogens (tertiary/aromatic N) is 1. The van der Waals surface area contributed by atoms with Gasteiger partial charge in [0.25, 0.3) is 0 Å². The molecule has 0 unspecified atom stereocenters. The van der Waals surface area contributed by atoms with E-state index < -0.39 is 0 Å². The van der Waals surface area contributed by atoms with Gasteiger partial charge < -0.3 is 0 Å². The van der Waals surface area contributed by atoms with Gasteiger partial charge in [-0.1, -0.05) is 39.0 Å². The molecule has 0 saturated heterocycles. The van der Waals surface area contributed by atoms with Crippen molar-refractivity contribution in [2.45, 2.75) is 46.5 Å². The van der Waals surface area contributed by atoms with Crippen LogP contribution < -0.4 is 4.57 Å². The first-order valence-corrected chi connectivity index (χ1v) is 7.41. The molecule has 0 aliphatic carbocycles. The second kappa shape index (κ2) is 6.51. The number of hydrogen-bond donors (Lipinski definition) is 0. The van der Waals surface area contributed by atoms with E-state index in [0.29, 0.717) is 0 Å². The predicted molar refractivity (Wildman–Crippen MR) is 80.7 cm³/mol. The Balaban J connectivity index is 2.62. The smallest absolute Gasteiger partial charge is 0.164 e. The van der Waals surface area contributed by atoms with Crippen molar-refractivity contribution in [3.8, 4) is 5.69 Å². The third kappa shape index (κ3) is 3.04. The number of benzene rings is 1. The molecule has 0 amide bonds. The highest BCUT2D eigenvalue weighted by Gasteiger charge is 2.18. The van der Waals surface area contributed by atoms with Crippen LogP contribution in [0.25, 0.3) is 5.69 Å². The quantitative estimate of drug-likeness (QED) is 0.709. The summed E-state index contributed by atoms with van der Waals surface area (Å²) in [6, 6.07) is 13.1. The van der Waals surface area contributed by atoms with Gasteiger partial charge in [-0.25, -0.2) is 0 Å². The van der Waals surface area contributed by atoms with Gasteiger partial charge >= 0.3 is 0 Å². The van der Waals surface area contributed by atoms with Crippen LogP contribution >= 0.6 is 0 Å². The molecule has 0 aliphatic rings. The maximum Gasteiger partial charge on any atom is 0.210 e. The van der Waals surface area contributed by atoms with Crippen LogP contribution in [-0.2, 0) is 19.3 Å². The largest absolute Gasteiger partial charge is 0.210 e. The molecule has 2 rings (SSSR count). The van der Waals surface area contributed by atoms with Crippen LogP contribution in [0.2, 0.25) is 0 Å². The van der Waals surface area contributed by atoms with Crippen LogP contribution in [0.15, 0.2) is 42.6 Å². The second-order valence-corrected chi connectivity index (χ2v) is 4.98. The fourth-order valence-electron chi connectivity index (χ4n) is 2.58. The van der Waals surface area contributed by atoms with Crippen LogP contribution in [0.3, 0.4) is 0 Å². The van der Waals surface area contributed by atoms with Gasteiger partial charge in [-0.3, -0.25) is 0 Å². The Kier molecular flexibility index (Phi) is 4.73. The zero-order valence-corrected chi connectivity index (χ0v) is 12.3. The number of pyridine rings is 1. The molecule has 0 saturated carbocycles. The number of para-hydroxylation sites is 1. The highest BCUT2D eigenvalue weighted by molar-refractivity contribution is 5.27. The van der Waals surface area contributed by atoms with Crippen molar-refractivity contribution >= 4 is 0 Å². The summed E-state index contributed by atoms with van der Waals surface area (Å²) in [6.07, 6.45) is 6.83. The van der Waals surface area contributed by atoms with Gasteiger partial charge in [0.1, 0.15) is 0 Å².